The number of halogens is 3. The van der Waals surface area contributed by atoms with Crippen molar-refractivity contribution in [3.63, 3.8) is 0 Å². The molecule has 2 rings (SSSR count). The quantitative estimate of drug-likeness (QED) is 0.887. The van der Waals surface area contributed by atoms with Crippen LogP contribution in [-0.2, 0) is 25.7 Å². The number of sulfonamides is 1. The third-order valence-corrected chi connectivity index (χ3v) is 5.02. The van der Waals surface area contributed by atoms with E-state index in [4.69, 9.17) is 10.00 Å². The maximum absolute atomic E-state index is 13.1. The Bertz CT molecular complexity index is 806. The minimum Gasteiger partial charge on any atom is -0.365 e. The van der Waals surface area contributed by atoms with Crippen LogP contribution in [0.5, 0.6) is 0 Å². The number of ether oxygens (including phenoxy) is 1. The van der Waals surface area contributed by atoms with E-state index < -0.39 is 38.2 Å². The number of nitrogens with one attached hydrogen (secondary N) is 1. The molecule has 0 aliphatic carbocycles. The van der Waals surface area contributed by atoms with Gasteiger partial charge in [-0.25, -0.2) is 13.1 Å². The second-order valence-electron chi connectivity index (χ2n) is 5.44. The smallest absolute Gasteiger partial charge is 0.365 e. The summed E-state index contributed by atoms with van der Waals surface area (Å²) in [6.07, 6.45) is -4.21. The number of hydrogen-bond donors (Lipinski definition) is 1. The zero-order valence-electron chi connectivity index (χ0n) is 12.5. The van der Waals surface area contributed by atoms with E-state index in [1.54, 1.807) is 4.72 Å². The van der Waals surface area contributed by atoms with Crippen LogP contribution in [0.3, 0.4) is 0 Å². The SMILES string of the molecule is C[C@]1(C(=O)NS(=O)(=O)c2ccc(C#N)cc2C(F)(F)F)CCCO1. The third-order valence-electron chi connectivity index (χ3n) is 3.63. The van der Waals surface area contributed by atoms with E-state index in [1.807, 2.05) is 0 Å². The van der Waals surface area contributed by atoms with Crippen molar-refractivity contribution in [1.29, 1.82) is 5.26 Å². The first-order chi connectivity index (χ1) is 11.0. The van der Waals surface area contributed by atoms with Crippen molar-refractivity contribution >= 4 is 15.9 Å². The Morgan fingerprint density at radius 3 is 2.58 bits per heavy atom. The molecular weight excluding hydrogens is 349 g/mol. The number of carbonyl (C=O) groups is 1. The Hall–Kier alpha value is -2.12. The zero-order valence-corrected chi connectivity index (χ0v) is 13.3. The highest BCUT2D eigenvalue weighted by atomic mass is 32.2. The molecule has 0 saturated carbocycles. The van der Waals surface area contributed by atoms with Gasteiger partial charge >= 0.3 is 6.18 Å². The predicted molar refractivity (Wildman–Crippen MR) is 75.1 cm³/mol. The van der Waals surface area contributed by atoms with Crippen LogP contribution in [0.4, 0.5) is 13.2 Å². The van der Waals surface area contributed by atoms with Crippen molar-refractivity contribution in [3.05, 3.63) is 29.3 Å². The summed E-state index contributed by atoms with van der Waals surface area (Å²) in [6.45, 7) is 1.63. The summed E-state index contributed by atoms with van der Waals surface area (Å²) in [7, 11) is -4.78. The van der Waals surface area contributed by atoms with Crippen LogP contribution < -0.4 is 4.72 Å². The number of alkyl halides is 3. The van der Waals surface area contributed by atoms with Gasteiger partial charge in [0.25, 0.3) is 15.9 Å². The van der Waals surface area contributed by atoms with Crippen molar-refractivity contribution in [2.75, 3.05) is 6.61 Å². The van der Waals surface area contributed by atoms with Gasteiger partial charge in [0.05, 0.1) is 22.1 Å². The first-order valence-corrected chi connectivity index (χ1v) is 8.30. The molecule has 1 saturated heterocycles. The van der Waals surface area contributed by atoms with Crippen molar-refractivity contribution in [1.82, 2.24) is 4.72 Å². The molecule has 1 aromatic carbocycles. The molecule has 0 spiro atoms. The van der Waals surface area contributed by atoms with Gasteiger partial charge in [0.2, 0.25) is 0 Å². The number of benzene rings is 1. The Balaban J connectivity index is 2.43. The molecular formula is C14H13F3N2O4S. The van der Waals surface area contributed by atoms with Crippen LogP contribution in [0.2, 0.25) is 0 Å². The molecule has 1 atom stereocenters. The number of rotatable bonds is 3. The summed E-state index contributed by atoms with van der Waals surface area (Å²) in [4.78, 5) is 11.0. The summed E-state index contributed by atoms with van der Waals surface area (Å²) in [6, 6.07) is 3.51. The van der Waals surface area contributed by atoms with Gasteiger partial charge in [-0.05, 0) is 38.0 Å². The molecule has 130 valence electrons. The Labute approximate surface area is 136 Å². The molecule has 1 aliphatic rings. The van der Waals surface area contributed by atoms with Gasteiger partial charge in [-0.3, -0.25) is 4.79 Å². The Morgan fingerprint density at radius 2 is 2.08 bits per heavy atom. The van der Waals surface area contributed by atoms with Crippen molar-refractivity contribution < 1.29 is 31.1 Å². The van der Waals surface area contributed by atoms with E-state index in [9.17, 15) is 26.4 Å². The van der Waals surface area contributed by atoms with Crippen LogP contribution >= 0.6 is 0 Å². The highest BCUT2D eigenvalue weighted by molar-refractivity contribution is 7.90. The minimum absolute atomic E-state index is 0.258. The number of nitrogens with zero attached hydrogens (tertiary/aromatic N) is 1. The molecule has 1 fully saturated rings. The second-order valence-corrected chi connectivity index (χ2v) is 7.09. The summed E-state index contributed by atoms with van der Waals surface area (Å²) >= 11 is 0. The van der Waals surface area contributed by atoms with E-state index in [0.717, 1.165) is 6.07 Å². The van der Waals surface area contributed by atoms with Gasteiger partial charge < -0.3 is 4.74 Å². The summed E-state index contributed by atoms with van der Waals surface area (Å²) < 4.78 is 70.6. The molecule has 1 aliphatic heterocycles. The fraction of sp³-hybridized carbons (Fsp3) is 0.429. The number of carbonyl (C=O) groups excluding carboxylic acids is 1. The van der Waals surface area contributed by atoms with Crippen LogP contribution in [0.25, 0.3) is 0 Å². The lowest BCUT2D eigenvalue weighted by molar-refractivity contribution is -0.140. The normalized spacial score (nSPS) is 21.3. The lowest BCUT2D eigenvalue weighted by Gasteiger charge is -2.22. The highest BCUT2D eigenvalue weighted by Gasteiger charge is 2.42. The first kappa shape index (κ1) is 18.2. The molecule has 6 nitrogen and oxygen atoms in total. The monoisotopic (exact) mass is 362 g/mol. The molecule has 24 heavy (non-hydrogen) atoms. The molecule has 0 radical (unpaired) electrons. The van der Waals surface area contributed by atoms with Crippen LogP contribution in [0.1, 0.15) is 30.9 Å². The molecule has 1 N–H and O–H groups in total. The van der Waals surface area contributed by atoms with Gasteiger partial charge in [0, 0.05) is 6.61 Å². The molecule has 0 aromatic heterocycles. The maximum Gasteiger partial charge on any atom is 0.417 e. The van der Waals surface area contributed by atoms with Crippen molar-refractivity contribution in [3.8, 4) is 6.07 Å². The Kier molecular flexibility index (Phi) is 4.61. The second kappa shape index (κ2) is 6.07. The van der Waals surface area contributed by atoms with Crippen LogP contribution in [-0.4, -0.2) is 26.5 Å². The summed E-state index contributed by atoms with van der Waals surface area (Å²) in [5.41, 5.74) is -3.27. The van der Waals surface area contributed by atoms with Gasteiger partial charge in [-0.15, -0.1) is 0 Å². The Morgan fingerprint density at radius 1 is 1.42 bits per heavy atom. The van der Waals surface area contributed by atoms with E-state index in [-0.39, 0.29) is 18.6 Å². The molecule has 1 heterocycles. The number of hydrogen-bond acceptors (Lipinski definition) is 5. The predicted octanol–water partition coefficient (Wildman–Crippen LogP) is 1.95. The lowest BCUT2D eigenvalue weighted by Crippen LogP contribution is -2.46. The molecule has 1 aromatic rings. The summed E-state index contributed by atoms with van der Waals surface area (Å²) in [5.74, 6) is -1.03. The van der Waals surface area contributed by atoms with Gasteiger partial charge in [-0.1, -0.05) is 0 Å². The highest BCUT2D eigenvalue weighted by Crippen LogP contribution is 2.35. The molecule has 1 amide bonds. The minimum atomic E-state index is -5.01. The first-order valence-electron chi connectivity index (χ1n) is 6.82. The zero-order chi connectivity index (χ0) is 18.2. The largest absolute Gasteiger partial charge is 0.417 e. The van der Waals surface area contributed by atoms with E-state index in [0.29, 0.717) is 18.6 Å². The topological polar surface area (TPSA) is 96.3 Å². The van der Waals surface area contributed by atoms with E-state index in [2.05, 4.69) is 0 Å². The standard InChI is InChI=1S/C14H13F3N2O4S/c1-13(5-2-6-23-13)12(20)19-24(21,22)11-4-3-9(8-18)7-10(11)14(15,16)17/h3-4,7H,2,5-6H2,1H3,(H,19,20)/t13-/m1/s1. The fourth-order valence-corrected chi connectivity index (χ4v) is 3.58. The average Bonchev–Trinajstić information content (AvgIpc) is 2.93. The summed E-state index contributed by atoms with van der Waals surface area (Å²) in [5, 5.41) is 8.69. The molecule has 10 heteroatoms. The maximum atomic E-state index is 13.1. The number of amides is 1. The van der Waals surface area contributed by atoms with Crippen LogP contribution in [0, 0.1) is 11.3 Å². The van der Waals surface area contributed by atoms with Crippen LogP contribution in [0.15, 0.2) is 23.1 Å². The van der Waals surface area contributed by atoms with Gasteiger partial charge in [-0.2, -0.15) is 18.4 Å². The average molecular weight is 362 g/mol. The van der Waals surface area contributed by atoms with Crippen molar-refractivity contribution in [2.24, 2.45) is 0 Å². The van der Waals surface area contributed by atoms with Crippen molar-refractivity contribution in [2.45, 2.75) is 36.4 Å². The van der Waals surface area contributed by atoms with E-state index >= 15 is 0 Å². The molecule has 0 bridgehead atoms. The third kappa shape index (κ3) is 3.52. The number of nitriles is 1. The van der Waals surface area contributed by atoms with Gasteiger partial charge in [0.15, 0.2) is 0 Å². The van der Waals surface area contributed by atoms with Gasteiger partial charge in [0.1, 0.15) is 5.60 Å². The lowest BCUT2D eigenvalue weighted by atomic mass is 10.0. The molecule has 0 unspecified atom stereocenters. The fourth-order valence-electron chi connectivity index (χ4n) is 2.30. The van der Waals surface area contributed by atoms with E-state index in [1.165, 1.54) is 13.0 Å².